The average molecular weight is 236 g/mol. The maximum Gasteiger partial charge on any atom is 0.122 e. The predicted molar refractivity (Wildman–Crippen MR) is 69.8 cm³/mol. The summed E-state index contributed by atoms with van der Waals surface area (Å²) in [4.78, 5) is 2.54. The Balaban J connectivity index is 1.92. The van der Waals surface area contributed by atoms with Gasteiger partial charge >= 0.3 is 0 Å². The van der Waals surface area contributed by atoms with Gasteiger partial charge in [-0.15, -0.1) is 0 Å². The molecule has 3 heteroatoms. The lowest BCUT2D eigenvalue weighted by molar-refractivity contribution is 0.233. The van der Waals surface area contributed by atoms with Crippen LogP contribution in [-0.4, -0.2) is 25.0 Å². The molecule has 17 heavy (non-hydrogen) atoms. The lowest BCUT2D eigenvalue weighted by Crippen LogP contribution is -2.26. The molecule has 0 saturated heterocycles. The predicted octanol–water partition coefficient (Wildman–Crippen LogP) is 2.62. The Labute approximate surface area is 104 Å². The van der Waals surface area contributed by atoms with E-state index in [1.54, 1.807) is 0 Å². The maximum absolute atomic E-state index is 5.61. The van der Waals surface area contributed by atoms with Crippen LogP contribution in [0.4, 0.5) is 0 Å². The zero-order chi connectivity index (χ0) is 12.1. The zero-order valence-corrected chi connectivity index (χ0v) is 11.0. The average Bonchev–Trinajstić information content (AvgIpc) is 3.01. The number of nitrogens with one attached hydrogen (secondary N) is 1. The van der Waals surface area contributed by atoms with Crippen LogP contribution in [0.1, 0.15) is 37.5 Å². The molecule has 0 radical (unpaired) electrons. The van der Waals surface area contributed by atoms with Gasteiger partial charge in [-0.05, 0) is 44.8 Å². The van der Waals surface area contributed by atoms with Crippen molar-refractivity contribution in [3.05, 3.63) is 23.7 Å². The fraction of sp³-hybridized carbons (Fsp3) is 0.714. The first-order valence-corrected chi connectivity index (χ1v) is 6.75. The molecule has 1 aliphatic carbocycles. The van der Waals surface area contributed by atoms with Gasteiger partial charge in [0.05, 0.1) is 12.8 Å². The summed E-state index contributed by atoms with van der Waals surface area (Å²) in [6, 6.07) is 2.08. The third-order valence-corrected chi connectivity index (χ3v) is 3.33. The molecule has 1 fully saturated rings. The van der Waals surface area contributed by atoms with Crippen LogP contribution in [0.3, 0.4) is 0 Å². The molecule has 0 aliphatic heterocycles. The highest BCUT2D eigenvalue weighted by Gasteiger charge is 2.24. The van der Waals surface area contributed by atoms with Gasteiger partial charge in [-0.3, -0.25) is 4.90 Å². The summed E-state index contributed by atoms with van der Waals surface area (Å²) in [5.41, 5.74) is 1.30. The van der Waals surface area contributed by atoms with Crippen molar-refractivity contribution in [3.63, 3.8) is 0 Å². The van der Waals surface area contributed by atoms with Gasteiger partial charge in [0.1, 0.15) is 5.76 Å². The van der Waals surface area contributed by atoms with E-state index in [1.807, 2.05) is 13.3 Å². The number of nitrogens with zero attached hydrogens (tertiary/aromatic N) is 1. The molecular weight excluding hydrogens is 212 g/mol. The van der Waals surface area contributed by atoms with E-state index in [2.05, 4.69) is 23.2 Å². The van der Waals surface area contributed by atoms with Gasteiger partial charge in [0.25, 0.3) is 0 Å². The summed E-state index contributed by atoms with van der Waals surface area (Å²) >= 11 is 0. The number of rotatable bonds is 8. The summed E-state index contributed by atoms with van der Waals surface area (Å²) in [7, 11) is 1.98. The fourth-order valence-corrected chi connectivity index (χ4v) is 2.27. The van der Waals surface area contributed by atoms with E-state index in [4.69, 9.17) is 4.42 Å². The Hall–Kier alpha value is -0.800. The minimum atomic E-state index is 0.898. The van der Waals surface area contributed by atoms with Crippen molar-refractivity contribution in [1.82, 2.24) is 10.2 Å². The molecule has 0 aromatic carbocycles. The second-order valence-corrected chi connectivity index (χ2v) is 5.08. The Bertz CT molecular complexity index is 331. The second kappa shape index (κ2) is 6.22. The number of furan rings is 1. The first-order chi connectivity index (χ1) is 8.33. The van der Waals surface area contributed by atoms with Gasteiger partial charge in [-0.25, -0.2) is 0 Å². The van der Waals surface area contributed by atoms with Crippen molar-refractivity contribution in [3.8, 4) is 0 Å². The van der Waals surface area contributed by atoms with Gasteiger partial charge in [0, 0.05) is 18.7 Å². The monoisotopic (exact) mass is 236 g/mol. The summed E-state index contributed by atoms with van der Waals surface area (Å²) in [6.07, 6.45) is 5.86. The minimum absolute atomic E-state index is 0.898. The van der Waals surface area contributed by atoms with Crippen molar-refractivity contribution in [2.45, 2.75) is 39.3 Å². The third kappa shape index (κ3) is 3.86. The van der Waals surface area contributed by atoms with Gasteiger partial charge in [-0.1, -0.05) is 6.92 Å². The highest BCUT2D eigenvalue weighted by Crippen LogP contribution is 2.30. The van der Waals surface area contributed by atoms with Crippen LogP contribution in [0.25, 0.3) is 0 Å². The maximum atomic E-state index is 5.61. The van der Waals surface area contributed by atoms with Crippen molar-refractivity contribution in [1.29, 1.82) is 0 Å². The summed E-state index contributed by atoms with van der Waals surface area (Å²) in [5, 5.41) is 3.19. The first kappa shape index (κ1) is 12.7. The van der Waals surface area contributed by atoms with E-state index >= 15 is 0 Å². The van der Waals surface area contributed by atoms with Gasteiger partial charge in [0.2, 0.25) is 0 Å². The lowest BCUT2D eigenvalue weighted by atomic mass is 10.2. The lowest BCUT2D eigenvalue weighted by Gasteiger charge is -2.20. The molecule has 0 bridgehead atoms. The molecule has 3 nitrogen and oxygen atoms in total. The van der Waals surface area contributed by atoms with Crippen LogP contribution in [0.15, 0.2) is 16.7 Å². The molecule has 0 amide bonds. The number of hydrogen-bond acceptors (Lipinski definition) is 3. The zero-order valence-electron chi connectivity index (χ0n) is 11.0. The SMILES string of the molecule is CCCN(Cc1occc1CNC)CC1CC1. The molecule has 1 heterocycles. The van der Waals surface area contributed by atoms with Crippen LogP contribution in [-0.2, 0) is 13.1 Å². The summed E-state index contributed by atoms with van der Waals surface area (Å²) < 4.78 is 5.61. The Morgan fingerprint density at radius 3 is 2.94 bits per heavy atom. The van der Waals surface area contributed by atoms with E-state index in [-0.39, 0.29) is 0 Å². The van der Waals surface area contributed by atoms with Gasteiger partial charge in [-0.2, -0.15) is 0 Å². The van der Waals surface area contributed by atoms with Crippen LogP contribution >= 0.6 is 0 Å². The quantitative estimate of drug-likeness (QED) is 0.752. The van der Waals surface area contributed by atoms with Crippen LogP contribution < -0.4 is 5.32 Å². The van der Waals surface area contributed by atoms with Crippen LogP contribution in [0.5, 0.6) is 0 Å². The largest absolute Gasteiger partial charge is 0.468 e. The molecule has 96 valence electrons. The van der Waals surface area contributed by atoms with E-state index in [1.165, 1.54) is 37.9 Å². The molecule has 0 atom stereocenters. The van der Waals surface area contributed by atoms with Crippen molar-refractivity contribution >= 4 is 0 Å². The molecule has 1 N–H and O–H groups in total. The summed E-state index contributed by atoms with van der Waals surface area (Å²) in [6.45, 7) is 6.53. The van der Waals surface area contributed by atoms with Gasteiger partial charge < -0.3 is 9.73 Å². The molecule has 2 rings (SSSR count). The molecule has 1 aliphatic rings. The molecule has 1 aromatic rings. The smallest absolute Gasteiger partial charge is 0.122 e. The van der Waals surface area contributed by atoms with Crippen LogP contribution in [0.2, 0.25) is 0 Å². The standard InChI is InChI=1S/C14H24N2O/c1-3-7-16(10-12-4-5-12)11-14-13(9-15-2)6-8-17-14/h6,8,12,15H,3-5,7,9-11H2,1-2H3. The topological polar surface area (TPSA) is 28.4 Å². The molecule has 0 spiro atoms. The first-order valence-electron chi connectivity index (χ1n) is 6.75. The second-order valence-electron chi connectivity index (χ2n) is 5.08. The van der Waals surface area contributed by atoms with E-state index in [0.717, 1.165) is 24.8 Å². The third-order valence-electron chi connectivity index (χ3n) is 3.33. The minimum Gasteiger partial charge on any atom is -0.468 e. The molecule has 1 aromatic heterocycles. The molecular formula is C14H24N2O. The van der Waals surface area contributed by atoms with Crippen LogP contribution in [0, 0.1) is 5.92 Å². The Kier molecular flexibility index (Phi) is 4.63. The van der Waals surface area contributed by atoms with Gasteiger partial charge in [0.15, 0.2) is 0 Å². The van der Waals surface area contributed by atoms with E-state index in [0.29, 0.717) is 0 Å². The molecule has 1 saturated carbocycles. The highest BCUT2D eigenvalue weighted by atomic mass is 16.3. The summed E-state index contributed by atoms with van der Waals surface area (Å²) in [5.74, 6) is 2.08. The van der Waals surface area contributed by atoms with E-state index in [9.17, 15) is 0 Å². The van der Waals surface area contributed by atoms with Crippen molar-refractivity contribution in [2.24, 2.45) is 5.92 Å². The fourth-order valence-electron chi connectivity index (χ4n) is 2.27. The van der Waals surface area contributed by atoms with E-state index < -0.39 is 0 Å². The Morgan fingerprint density at radius 1 is 1.47 bits per heavy atom. The normalized spacial score (nSPS) is 15.7. The van der Waals surface area contributed by atoms with Crippen molar-refractivity contribution < 1.29 is 4.42 Å². The number of hydrogen-bond donors (Lipinski definition) is 1. The highest BCUT2D eigenvalue weighted by molar-refractivity contribution is 5.16. The molecule has 0 unspecified atom stereocenters. The van der Waals surface area contributed by atoms with Crippen molar-refractivity contribution in [2.75, 3.05) is 20.1 Å². The Morgan fingerprint density at radius 2 is 2.29 bits per heavy atom.